The third-order valence-corrected chi connectivity index (χ3v) is 3.07. The Morgan fingerprint density at radius 1 is 0.765 bits per heavy atom. The van der Waals surface area contributed by atoms with E-state index in [1.165, 1.54) is 10.9 Å². The lowest BCUT2D eigenvalue weighted by molar-refractivity contribution is 1.06. The Morgan fingerprint density at radius 3 is 2.47 bits per heavy atom. The largest absolute Gasteiger partial charge is 0.291 e. The van der Waals surface area contributed by atoms with Crippen LogP contribution in [0.3, 0.4) is 0 Å². The lowest BCUT2D eigenvalue weighted by Gasteiger charge is -2.01. The zero-order valence-corrected chi connectivity index (χ0v) is 9.04. The van der Waals surface area contributed by atoms with Crippen LogP contribution in [0.15, 0.2) is 54.6 Å². The summed E-state index contributed by atoms with van der Waals surface area (Å²) in [6, 6.07) is 18.4. The van der Waals surface area contributed by atoms with Crippen molar-refractivity contribution in [3.8, 4) is 0 Å². The fourth-order valence-corrected chi connectivity index (χ4v) is 2.31. The lowest BCUT2D eigenvalue weighted by Crippen LogP contribution is -1.93. The van der Waals surface area contributed by atoms with E-state index in [2.05, 4.69) is 38.9 Å². The van der Waals surface area contributed by atoms with E-state index in [0.717, 1.165) is 16.7 Å². The highest BCUT2D eigenvalue weighted by Crippen LogP contribution is 2.22. The summed E-state index contributed by atoms with van der Waals surface area (Å²) >= 11 is 0. The molecular weight excluding hydrogens is 210 g/mol. The van der Waals surface area contributed by atoms with E-state index in [4.69, 9.17) is 0 Å². The van der Waals surface area contributed by atoms with Gasteiger partial charge in [-0.05, 0) is 24.3 Å². The number of fused-ring (bicyclic) bond motifs is 5. The van der Waals surface area contributed by atoms with Crippen LogP contribution in [0.5, 0.6) is 0 Å². The summed E-state index contributed by atoms with van der Waals surface area (Å²) in [4.78, 5) is 0. The minimum atomic E-state index is 0.893. The summed E-state index contributed by atoms with van der Waals surface area (Å²) in [5.41, 5.74) is 4.08. The molecule has 80 valence electrons. The van der Waals surface area contributed by atoms with Crippen molar-refractivity contribution in [2.24, 2.45) is 0 Å². The molecule has 0 fully saturated rings. The summed E-state index contributed by atoms with van der Waals surface area (Å²) in [6.45, 7) is 0. The Labute approximate surface area is 97.3 Å². The molecule has 3 heteroatoms. The molecule has 2 aromatic carbocycles. The van der Waals surface area contributed by atoms with Crippen molar-refractivity contribution in [1.82, 2.24) is 14.6 Å². The second kappa shape index (κ2) is 3.04. The maximum absolute atomic E-state index is 4.26. The van der Waals surface area contributed by atoms with E-state index in [9.17, 15) is 0 Å². The number of nitrogens with zero attached hydrogens (tertiary/aromatic N) is 3. The first-order chi connectivity index (χ1) is 8.43. The van der Waals surface area contributed by atoms with E-state index in [-0.39, 0.29) is 0 Å². The molecule has 0 aliphatic rings. The average Bonchev–Trinajstić information content (AvgIpc) is 2.77. The van der Waals surface area contributed by atoms with Crippen LogP contribution in [0.25, 0.3) is 27.6 Å². The van der Waals surface area contributed by atoms with Gasteiger partial charge in [-0.1, -0.05) is 30.3 Å². The third kappa shape index (κ3) is 1.11. The minimum absolute atomic E-state index is 0.893. The average molecular weight is 219 g/mol. The third-order valence-electron chi connectivity index (χ3n) is 3.07. The molecule has 0 unspecified atom stereocenters. The van der Waals surface area contributed by atoms with Gasteiger partial charge in [0.1, 0.15) is 5.52 Å². The Balaban J connectivity index is 2.38. The molecule has 0 bridgehead atoms. The topological polar surface area (TPSA) is 30.2 Å². The fourth-order valence-electron chi connectivity index (χ4n) is 2.31. The number of rotatable bonds is 0. The highest BCUT2D eigenvalue weighted by Gasteiger charge is 2.06. The molecule has 0 radical (unpaired) electrons. The van der Waals surface area contributed by atoms with Crippen molar-refractivity contribution in [1.29, 1.82) is 0 Å². The van der Waals surface area contributed by atoms with Crippen molar-refractivity contribution < 1.29 is 0 Å². The second-order valence-corrected chi connectivity index (χ2v) is 4.09. The van der Waals surface area contributed by atoms with Gasteiger partial charge in [0, 0.05) is 5.39 Å². The highest BCUT2D eigenvalue weighted by atomic mass is 15.2. The van der Waals surface area contributed by atoms with Crippen LogP contribution in [0.2, 0.25) is 0 Å². The van der Waals surface area contributed by atoms with Crippen LogP contribution in [-0.4, -0.2) is 14.6 Å². The first kappa shape index (κ1) is 8.70. The first-order valence-corrected chi connectivity index (χ1v) is 5.55. The number of aromatic nitrogens is 3. The maximum atomic E-state index is 4.26. The van der Waals surface area contributed by atoms with Crippen LogP contribution < -0.4 is 0 Å². The van der Waals surface area contributed by atoms with Crippen molar-refractivity contribution in [3.05, 3.63) is 54.6 Å². The molecule has 0 atom stereocenters. The van der Waals surface area contributed by atoms with Crippen LogP contribution >= 0.6 is 0 Å². The number of para-hydroxylation sites is 2. The van der Waals surface area contributed by atoms with Crippen LogP contribution in [0.1, 0.15) is 0 Å². The molecular formula is C14H9N3. The molecule has 4 rings (SSSR count). The first-order valence-electron chi connectivity index (χ1n) is 5.55. The van der Waals surface area contributed by atoms with E-state index in [0.29, 0.717) is 0 Å². The Morgan fingerprint density at radius 2 is 1.53 bits per heavy atom. The quantitative estimate of drug-likeness (QED) is 0.455. The van der Waals surface area contributed by atoms with E-state index in [1.807, 2.05) is 30.3 Å². The molecule has 0 amide bonds. The summed E-state index contributed by atoms with van der Waals surface area (Å²) in [5, 5.41) is 9.69. The zero-order valence-electron chi connectivity index (χ0n) is 9.04. The molecule has 0 spiro atoms. The van der Waals surface area contributed by atoms with Gasteiger partial charge < -0.3 is 0 Å². The molecule has 0 saturated carbocycles. The summed E-state index contributed by atoms with van der Waals surface area (Å²) < 4.78 is 2.15. The van der Waals surface area contributed by atoms with E-state index in [1.54, 1.807) is 0 Å². The number of hydrogen-bond acceptors (Lipinski definition) is 2. The van der Waals surface area contributed by atoms with Gasteiger partial charge in [-0.25, -0.2) is 0 Å². The summed E-state index contributed by atoms with van der Waals surface area (Å²) in [7, 11) is 0. The molecule has 0 aliphatic carbocycles. The van der Waals surface area contributed by atoms with E-state index < -0.39 is 0 Å². The van der Waals surface area contributed by atoms with Crippen molar-refractivity contribution in [2.75, 3.05) is 0 Å². The van der Waals surface area contributed by atoms with Crippen molar-refractivity contribution >= 4 is 27.6 Å². The van der Waals surface area contributed by atoms with Gasteiger partial charge in [0.05, 0.1) is 11.0 Å². The maximum Gasteiger partial charge on any atom is 0.160 e. The molecule has 0 saturated heterocycles. The lowest BCUT2D eigenvalue weighted by atomic mass is 10.2. The SMILES string of the molecule is c1ccc2c(c1)cc1nnc3ccccc3n12. The fraction of sp³-hybridized carbons (Fsp3) is 0. The Kier molecular flexibility index (Phi) is 1.56. The van der Waals surface area contributed by atoms with Gasteiger partial charge in [-0.3, -0.25) is 4.40 Å². The molecule has 2 heterocycles. The van der Waals surface area contributed by atoms with Gasteiger partial charge in [-0.15, -0.1) is 10.2 Å². The molecule has 0 aliphatic heterocycles. The summed E-state index contributed by atoms with van der Waals surface area (Å²) in [6.07, 6.45) is 0. The number of hydrogen-bond donors (Lipinski definition) is 0. The zero-order chi connectivity index (χ0) is 11.2. The highest BCUT2D eigenvalue weighted by molar-refractivity contribution is 5.91. The standard InChI is InChI=1S/C14H9N3/c1-3-7-12-10(5-1)9-14-16-15-11-6-2-4-8-13(11)17(12)14/h1-9H. The van der Waals surface area contributed by atoms with Crippen molar-refractivity contribution in [2.45, 2.75) is 0 Å². The van der Waals surface area contributed by atoms with Gasteiger partial charge in [-0.2, -0.15) is 0 Å². The van der Waals surface area contributed by atoms with Gasteiger partial charge in [0.15, 0.2) is 5.65 Å². The number of benzene rings is 2. The summed E-state index contributed by atoms with van der Waals surface area (Å²) in [5.74, 6) is 0. The predicted molar refractivity (Wildman–Crippen MR) is 68.0 cm³/mol. The predicted octanol–water partition coefficient (Wildman–Crippen LogP) is 3.04. The molecule has 0 N–H and O–H groups in total. The normalized spacial score (nSPS) is 11.5. The molecule has 17 heavy (non-hydrogen) atoms. The van der Waals surface area contributed by atoms with Gasteiger partial charge in [0.2, 0.25) is 0 Å². The Hall–Kier alpha value is -2.42. The second-order valence-electron chi connectivity index (χ2n) is 4.09. The minimum Gasteiger partial charge on any atom is -0.291 e. The van der Waals surface area contributed by atoms with Crippen LogP contribution in [0, 0.1) is 0 Å². The van der Waals surface area contributed by atoms with Crippen LogP contribution in [0.4, 0.5) is 0 Å². The smallest absolute Gasteiger partial charge is 0.160 e. The Bertz CT molecular complexity index is 840. The monoisotopic (exact) mass is 219 g/mol. The van der Waals surface area contributed by atoms with Crippen molar-refractivity contribution in [3.63, 3.8) is 0 Å². The molecule has 3 nitrogen and oxygen atoms in total. The van der Waals surface area contributed by atoms with Gasteiger partial charge in [0.25, 0.3) is 0 Å². The molecule has 2 aromatic heterocycles. The van der Waals surface area contributed by atoms with Gasteiger partial charge >= 0.3 is 0 Å². The van der Waals surface area contributed by atoms with Crippen LogP contribution in [-0.2, 0) is 0 Å². The molecule has 4 aromatic rings. The van der Waals surface area contributed by atoms with E-state index >= 15 is 0 Å².